The normalized spacial score (nSPS) is 10.2. The lowest BCUT2D eigenvalue weighted by Crippen LogP contribution is -2.15. The number of alkyl halides is 1. The fourth-order valence-electron chi connectivity index (χ4n) is 1.28. The average molecular weight is 322 g/mol. The third kappa shape index (κ3) is 5.44. The van der Waals surface area contributed by atoms with Crippen molar-refractivity contribution in [3.63, 3.8) is 0 Å². The van der Waals surface area contributed by atoms with Gasteiger partial charge in [0.25, 0.3) is 0 Å². The zero-order valence-corrected chi connectivity index (χ0v) is 11.3. The molecule has 18 heavy (non-hydrogen) atoms. The Balaban J connectivity index is 2.31. The standard InChI is InChI=1S/C12H14BrF2NO2/c13-6-2-1-3-7-18-12(17)16-11-5-4-9(14)8-10(11)15/h4-5,8H,1-3,6-7H2,(H,16,17). The van der Waals surface area contributed by atoms with E-state index in [1.54, 1.807) is 0 Å². The van der Waals surface area contributed by atoms with Gasteiger partial charge in [0.2, 0.25) is 0 Å². The van der Waals surface area contributed by atoms with Crippen molar-refractivity contribution in [1.29, 1.82) is 0 Å². The van der Waals surface area contributed by atoms with Crippen LogP contribution < -0.4 is 5.32 Å². The summed E-state index contributed by atoms with van der Waals surface area (Å²) < 4.78 is 30.7. The number of ether oxygens (including phenoxy) is 1. The van der Waals surface area contributed by atoms with Gasteiger partial charge in [0.15, 0.2) is 0 Å². The minimum absolute atomic E-state index is 0.0955. The van der Waals surface area contributed by atoms with Crippen LogP contribution in [0.4, 0.5) is 19.3 Å². The summed E-state index contributed by atoms with van der Waals surface area (Å²) in [7, 11) is 0. The summed E-state index contributed by atoms with van der Waals surface area (Å²) in [6, 6.07) is 2.91. The van der Waals surface area contributed by atoms with Crippen molar-refractivity contribution < 1.29 is 18.3 Å². The molecule has 100 valence electrons. The zero-order chi connectivity index (χ0) is 13.4. The predicted molar refractivity (Wildman–Crippen MR) is 69.0 cm³/mol. The molecule has 3 nitrogen and oxygen atoms in total. The zero-order valence-electron chi connectivity index (χ0n) is 9.72. The highest BCUT2D eigenvalue weighted by Gasteiger charge is 2.08. The Hall–Kier alpha value is -1.17. The molecule has 1 aromatic rings. The van der Waals surface area contributed by atoms with Crippen molar-refractivity contribution in [1.82, 2.24) is 0 Å². The molecule has 0 aliphatic heterocycles. The molecular weight excluding hydrogens is 308 g/mol. The van der Waals surface area contributed by atoms with E-state index in [1.807, 2.05) is 0 Å². The smallest absolute Gasteiger partial charge is 0.411 e. The van der Waals surface area contributed by atoms with Crippen LogP contribution in [-0.4, -0.2) is 18.0 Å². The van der Waals surface area contributed by atoms with Crippen LogP contribution in [0.2, 0.25) is 0 Å². The van der Waals surface area contributed by atoms with Crippen molar-refractivity contribution in [2.24, 2.45) is 0 Å². The molecule has 1 amide bonds. The molecule has 0 fully saturated rings. The van der Waals surface area contributed by atoms with E-state index in [4.69, 9.17) is 4.74 Å². The molecule has 0 unspecified atom stereocenters. The highest BCUT2D eigenvalue weighted by atomic mass is 79.9. The number of carbonyl (C=O) groups is 1. The Morgan fingerprint density at radius 2 is 2.06 bits per heavy atom. The largest absolute Gasteiger partial charge is 0.449 e. The number of halogens is 3. The van der Waals surface area contributed by atoms with E-state index in [0.717, 1.165) is 36.7 Å². The van der Waals surface area contributed by atoms with E-state index >= 15 is 0 Å². The highest BCUT2D eigenvalue weighted by Crippen LogP contribution is 2.15. The van der Waals surface area contributed by atoms with Crippen LogP contribution >= 0.6 is 15.9 Å². The van der Waals surface area contributed by atoms with E-state index < -0.39 is 17.7 Å². The van der Waals surface area contributed by atoms with Crippen LogP contribution in [-0.2, 0) is 4.74 Å². The van der Waals surface area contributed by atoms with E-state index in [9.17, 15) is 13.6 Å². The first-order valence-electron chi connectivity index (χ1n) is 5.58. The van der Waals surface area contributed by atoms with Gasteiger partial charge in [0.05, 0.1) is 12.3 Å². The number of amides is 1. The lowest BCUT2D eigenvalue weighted by molar-refractivity contribution is 0.159. The first-order chi connectivity index (χ1) is 8.63. The molecule has 0 aliphatic rings. The van der Waals surface area contributed by atoms with Gasteiger partial charge in [-0.25, -0.2) is 13.6 Å². The van der Waals surface area contributed by atoms with Gasteiger partial charge in [-0.3, -0.25) is 5.32 Å². The quantitative estimate of drug-likeness (QED) is 0.633. The summed E-state index contributed by atoms with van der Waals surface area (Å²) in [4.78, 5) is 11.3. The number of carbonyl (C=O) groups excluding carboxylic acids is 1. The first-order valence-corrected chi connectivity index (χ1v) is 6.70. The summed E-state index contributed by atoms with van der Waals surface area (Å²) in [5.41, 5.74) is -0.0955. The van der Waals surface area contributed by atoms with Crippen molar-refractivity contribution >= 4 is 27.7 Å². The Kier molecular flexibility index (Phi) is 6.64. The molecule has 1 aromatic carbocycles. The summed E-state index contributed by atoms with van der Waals surface area (Å²) in [6.07, 6.45) is 1.98. The lowest BCUT2D eigenvalue weighted by atomic mass is 10.3. The van der Waals surface area contributed by atoms with Crippen LogP contribution in [0.15, 0.2) is 18.2 Å². The van der Waals surface area contributed by atoms with Gasteiger partial charge in [-0.1, -0.05) is 15.9 Å². The van der Waals surface area contributed by atoms with Crippen molar-refractivity contribution in [2.75, 3.05) is 17.3 Å². The molecule has 0 spiro atoms. The summed E-state index contributed by atoms with van der Waals surface area (Å²) in [6.45, 7) is 0.279. The molecule has 0 saturated heterocycles. The van der Waals surface area contributed by atoms with Gasteiger partial charge in [0, 0.05) is 11.4 Å². The topological polar surface area (TPSA) is 38.3 Å². The molecule has 1 N–H and O–H groups in total. The number of benzene rings is 1. The number of hydrogen-bond donors (Lipinski definition) is 1. The van der Waals surface area contributed by atoms with Gasteiger partial charge in [-0.2, -0.15) is 0 Å². The Labute approximate surface area is 113 Å². The molecule has 0 radical (unpaired) electrons. The van der Waals surface area contributed by atoms with Crippen molar-refractivity contribution in [3.05, 3.63) is 29.8 Å². The third-order valence-corrected chi connectivity index (χ3v) is 2.74. The lowest BCUT2D eigenvalue weighted by Gasteiger charge is -2.07. The van der Waals surface area contributed by atoms with E-state index in [1.165, 1.54) is 0 Å². The molecule has 6 heteroatoms. The minimum Gasteiger partial charge on any atom is -0.449 e. The number of nitrogens with one attached hydrogen (secondary N) is 1. The maximum Gasteiger partial charge on any atom is 0.411 e. The third-order valence-electron chi connectivity index (χ3n) is 2.18. The number of unbranched alkanes of at least 4 members (excludes halogenated alkanes) is 2. The first kappa shape index (κ1) is 14.9. The van der Waals surface area contributed by atoms with Crippen molar-refractivity contribution in [3.8, 4) is 0 Å². The summed E-state index contributed by atoms with van der Waals surface area (Å²) >= 11 is 3.30. The van der Waals surface area contributed by atoms with Crippen LogP contribution in [0.25, 0.3) is 0 Å². The molecule has 0 aromatic heterocycles. The predicted octanol–water partition coefficient (Wildman–Crippen LogP) is 4.08. The molecule has 0 heterocycles. The van der Waals surface area contributed by atoms with E-state index in [0.29, 0.717) is 6.07 Å². The summed E-state index contributed by atoms with van der Waals surface area (Å²) in [5.74, 6) is -1.52. The van der Waals surface area contributed by atoms with Gasteiger partial charge < -0.3 is 4.74 Å². The number of rotatable bonds is 6. The Morgan fingerprint density at radius 3 is 2.72 bits per heavy atom. The second kappa shape index (κ2) is 8.02. The van der Waals surface area contributed by atoms with Crippen LogP contribution in [0.3, 0.4) is 0 Å². The fourth-order valence-corrected chi connectivity index (χ4v) is 1.67. The van der Waals surface area contributed by atoms with Gasteiger partial charge >= 0.3 is 6.09 Å². The number of hydrogen-bond acceptors (Lipinski definition) is 2. The molecule has 0 saturated carbocycles. The van der Waals surface area contributed by atoms with Gasteiger partial charge in [-0.15, -0.1) is 0 Å². The van der Waals surface area contributed by atoms with E-state index in [2.05, 4.69) is 21.2 Å². The Morgan fingerprint density at radius 1 is 1.28 bits per heavy atom. The van der Waals surface area contributed by atoms with Crippen LogP contribution in [0, 0.1) is 11.6 Å². The SMILES string of the molecule is O=C(Nc1ccc(F)cc1F)OCCCCCBr. The Bertz CT molecular complexity index is 402. The second-order valence-electron chi connectivity index (χ2n) is 3.63. The average Bonchev–Trinajstić information content (AvgIpc) is 2.32. The second-order valence-corrected chi connectivity index (χ2v) is 4.43. The molecule has 0 aliphatic carbocycles. The number of anilines is 1. The summed E-state index contributed by atoms with van der Waals surface area (Å²) in [5, 5.41) is 3.13. The van der Waals surface area contributed by atoms with E-state index in [-0.39, 0.29) is 12.3 Å². The molecule has 1 rings (SSSR count). The van der Waals surface area contributed by atoms with Gasteiger partial charge in [0.1, 0.15) is 11.6 Å². The maximum absolute atomic E-state index is 13.2. The fraction of sp³-hybridized carbons (Fsp3) is 0.417. The van der Waals surface area contributed by atoms with Crippen LogP contribution in [0.1, 0.15) is 19.3 Å². The maximum atomic E-state index is 13.2. The van der Waals surface area contributed by atoms with Gasteiger partial charge in [-0.05, 0) is 31.4 Å². The van der Waals surface area contributed by atoms with Crippen LogP contribution in [0.5, 0.6) is 0 Å². The van der Waals surface area contributed by atoms with Crippen molar-refractivity contribution in [2.45, 2.75) is 19.3 Å². The molecule has 0 bridgehead atoms. The highest BCUT2D eigenvalue weighted by molar-refractivity contribution is 9.09. The monoisotopic (exact) mass is 321 g/mol. The molecular formula is C12H14BrF2NO2. The minimum atomic E-state index is -0.828. The molecule has 0 atom stereocenters.